The molecule has 0 aliphatic heterocycles. The first-order valence-electron chi connectivity index (χ1n) is 7.44. The molecular formula is C17H27N. The fraction of sp³-hybridized carbons (Fsp3) is 0.647. The molecule has 1 aromatic rings. The molecule has 1 heteroatoms. The van der Waals surface area contributed by atoms with E-state index in [1.54, 1.807) is 0 Å². The molecule has 1 aliphatic carbocycles. The smallest absolute Gasteiger partial charge is 0.0195 e. The van der Waals surface area contributed by atoms with Gasteiger partial charge in [-0.15, -0.1) is 0 Å². The molecular weight excluding hydrogens is 218 g/mol. The molecule has 2 rings (SSSR count). The van der Waals surface area contributed by atoms with Gasteiger partial charge < -0.3 is 5.73 Å². The molecule has 2 N–H and O–H groups in total. The summed E-state index contributed by atoms with van der Waals surface area (Å²) in [7, 11) is 0. The molecule has 0 heterocycles. The molecule has 100 valence electrons. The van der Waals surface area contributed by atoms with Crippen LogP contribution >= 0.6 is 0 Å². The van der Waals surface area contributed by atoms with Gasteiger partial charge in [0.1, 0.15) is 0 Å². The minimum Gasteiger partial charge on any atom is -0.325 e. The summed E-state index contributed by atoms with van der Waals surface area (Å²) in [5.41, 5.74) is 10.9. The van der Waals surface area contributed by atoms with Crippen molar-refractivity contribution < 1.29 is 0 Å². The van der Waals surface area contributed by atoms with Crippen LogP contribution in [0, 0.1) is 13.8 Å². The highest BCUT2D eigenvalue weighted by atomic mass is 14.7. The predicted octanol–water partition coefficient (Wildman–Crippen LogP) is 4.29. The molecule has 0 radical (unpaired) electrons. The average molecular weight is 245 g/mol. The number of nitrogens with two attached hydrogens (primary N) is 1. The summed E-state index contributed by atoms with van der Waals surface area (Å²) in [6, 6.07) is 6.75. The molecule has 1 aromatic carbocycles. The molecule has 0 amide bonds. The maximum Gasteiger partial charge on any atom is 0.0195 e. The van der Waals surface area contributed by atoms with E-state index in [9.17, 15) is 0 Å². The first-order chi connectivity index (χ1) is 8.59. The van der Waals surface area contributed by atoms with Crippen LogP contribution in [0.15, 0.2) is 18.2 Å². The van der Waals surface area contributed by atoms with Gasteiger partial charge in [0.25, 0.3) is 0 Å². The second-order valence-electron chi connectivity index (χ2n) is 6.24. The van der Waals surface area contributed by atoms with Crippen LogP contribution in [0.2, 0.25) is 0 Å². The van der Waals surface area contributed by atoms with Crippen LogP contribution in [-0.4, -0.2) is 5.54 Å². The summed E-state index contributed by atoms with van der Waals surface area (Å²) < 4.78 is 0. The second-order valence-corrected chi connectivity index (χ2v) is 6.24. The maximum absolute atomic E-state index is 6.68. The van der Waals surface area contributed by atoms with Gasteiger partial charge >= 0.3 is 0 Å². The lowest BCUT2D eigenvalue weighted by atomic mass is 9.79. The molecule has 0 aromatic heterocycles. The number of aryl methyl sites for hydroxylation is 2. The van der Waals surface area contributed by atoms with Gasteiger partial charge in [0.15, 0.2) is 0 Å². The van der Waals surface area contributed by atoms with Gasteiger partial charge in [0.05, 0.1) is 0 Å². The van der Waals surface area contributed by atoms with E-state index in [2.05, 4.69) is 32.0 Å². The Balaban J connectivity index is 2.11. The van der Waals surface area contributed by atoms with Gasteiger partial charge in [-0.1, -0.05) is 55.9 Å². The van der Waals surface area contributed by atoms with Crippen molar-refractivity contribution >= 4 is 0 Å². The molecule has 0 bridgehead atoms. The Morgan fingerprint density at radius 3 is 2.28 bits per heavy atom. The number of hydrogen-bond acceptors (Lipinski definition) is 1. The first kappa shape index (κ1) is 13.6. The average Bonchev–Trinajstić information content (AvgIpc) is 2.30. The third-order valence-corrected chi connectivity index (χ3v) is 4.40. The zero-order valence-electron chi connectivity index (χ0n) is 12.0. The van der Waals surface area contributed by atoms with Gasteiger partial charge in [-0.2, -0.15) is 0 Å². The standard InChI is InChI=1S/C17H27N/c1-14-8-9-15(2)16(12-14)13-17(18)10-6-4-3-5-7-11-17/h8-9,12H,3-7,10-11,13,18H2,1-2H3. The van der Waals surface area contributed by atoms with Gasteiger partial charge in [-0.05, 0) is 44.2 Å². The van der Waals surface area contributed by atoms with Crippen molar-refractivity contribution in [1.82, 2.24) is 0 Å². The Labute approximate surface area is 112 Å². The molecule has 18 heavy (non-hydrogen) atoms. The van der Waals surface area contributed by atoms with E-state index in [1.807, 2.05) is 0 Å². The highest BCUT2D eigenvalue weighted by Gasteiger charge is 2.26. The summed E-state index contributed by atoms with van der Waals surface area (Å²) in [4.78, 5) is 0. The summed E-state index contributed by atoms with van der Waals surface area (Å²) in [6.45, 7) is 4.38. The van der Waals surface area contributed by atoms with E-state index in [4.69, 9.17) is 5.73 Å². The molecule has 0 saturated heterocycles. The molecule has 0 atom stereocenters. The van der Waals surface area contributed by atoms with E-state index >= 15 is 0 Å². The number of rotatable bonds is 2. The minimum atomic E-state index is 0.0406. The van der Waals surface area contributed by atoms with Crippen molar-refractivity contribution in [2.75, 3.05) is 0 Å². The third kappa shape index (κ3) is 3.58. The summed E-state index contributed by atoms with van der Waals surface area (Å²) >= 11 is 0. The van der Waals surface area contributed by atoms with Crippen molar-refractivity contribution in [1.29, 1.82) is 0 Å². The van der Waals surface area contributed by atoms with E-state index < -0.39 is 0 Å². The quantitative estimate of drug-likeness (QED) is 0.826. The Morgan fingerprint density at radius 1 is 1.00 bits per heavy atom. The molecule has 0 unspecified atom stereocenters. The Kier molecular flexibility index (Phi) is 4.45. The Hall–Kier alpha value is -0.820. The van der Waals surface area contributed by atoms with Crippen LogP contribution in [0.5, 0.6) is 0 Å². The van der Waals surface area contributed by atoms with Gasteiger partial charge in [-0.3, -0.25) is 0 Å². The fourth-order valence-electron chi connectivity index (χ4n) is 3.16. The summed E-state index contributed by atoms with van der Waals surface area (Å²) in [5.74, 6) is 0. The molecule has 1 aliphatic rings. The van der Waals surface area contributed by atoms with Crippen molar-refractivity contribution in [3.8, 4) is 0 Å². The zero-order chi connectivity index (χ0) is 13.0. The second kappa shape index (κ2) is 5.88. The van der Waals surface area contributed by atoms with E-state index in [-0.39, 0.29) is 5.54 Å². The Morgan fingerprint density at radius 2 is 1.61 bits per heavy atom. The highest BCUT2D eigenvalue weighted by Crippen LogP contribution is 2.28. The monoisotopic (exact) mass is 245 g/mol. The summed E-state index contributed by atoms with van der Waals surface area (Å²) in [5, 5.41) is 0. The largest absolute Gasteiger partial charge is 0.325 e. The lowest BCUT2D eigenvalue weighted by molar-refractivity contribution is 0.314. The van der Waals surface area contributed by atoms with Gasteiger partial charge in [0, 0.05) is 5.54 Å². The van der Waals surface area contributed by atoms with E-state index in [1.165, 1.54) is 61.6 Å². The third-order valence-electron chi connectivity index (χ3n) is 4.40. The van der Waals surface area contributed by atoms with E-state index in [0.717, 1.165) is 6.42 Å². The Bertz CT molecular complexity index is 387. The molecule has 0 spiro atoms. The van der Waals surface area contributed by atoms with Crippen molar-refractivity contribution in [3.63, 3.8) is 0 Å². The SMILES string of the molecule is Cc1ccc(C)c(CC2(N)CCCCCCC2)c1. The van der Waals surface area contributed by atoms with Gasteiger partial charge in [0.2, 0.25) is 0 Å². The van der Waals surface area contributed by atoms with Crippen LogP contribution < -0.4 is 5.73 Å². The molecule has 1 nitrogen and oxygen atoms in total. The van der Waals surface area contributed by atoms with Gasteiger partial charge in [-0.25, -0.2) is 0 Å². The number of benzene rings is 1. The van der Waals surface area contributed by atoms with Crippen molar-refractivity contribution in [2.24, 2.45) is 5.73 Å². The van der Waals surface area contributed by atoms with Crippen molar-refractivity contribution in [3.05, 3.63) is 34.9 Å². The normalized spacial score (nSPS) is 20.2. The predicted molar refractivity (Wildman–Crippen MR) is 78.9 cm³/mol. The summed E-state index contributed by atoms with van der Waals surface area (Å²) in [6.07, 6.45) is 10.2. The minimum absolute atomic E-state index is 0.0406. The highest BCUT2D eigenvalue weighted by molar-refractivity contribution is 5.32. The number of hydrogen-bond donors (Lipinski definition) is 1. The first-order valence-corrected chi connectivity index (χ1v) is 7.44. The molecule has 1 saturated carbocycles. The van der Waals surface area contributed by atoms with Crippen LogP contribution in [0.25, 0.3) is 0 Å². The van der Waals surface area contributed by atoms with Crippen LogP contribution in [-0.2, 0) is 6.42 Å². The lowest BCUT2D eigenvalue weighted by Gasteiger charge is -2.32. The maximum atomic E-state index is 6.68. The van der Waals surface area contributed by atoms with Crippen LogP contribution in [0.1, 0.15) is 61.6 Å². The van der Waals surface area contributed by atoms with Crippen LogP contribution in [0.4, 0.5) is 0 Å². The van der Waals surface area contributed by atoms with E-state index in [0.29, 0.717) is 0 Å². The zero-order valence-corrected chi connectivity index (χ0v) is 12.0. The molecule has 1 fully saturated rings. The van der Waals surface area contributed by atoms with Crippen LogP contribution in [0.3, 0.4) is 0 Å². The lowest BCUT2D eigenvalue weighted by Crippen LogP contribution is -2.42. The van der Waals surface area contributed by atoms with Crippen molar-refractivity contribution in [2.45, 2.75) is 70.8 Å². The fourth-order valence-corrected chi connectivity index (χ4v) is 3.16. The topological polar surface area (TPSA) is 26.0 Å².